The Morgan fingerprint density at radius 1 is 1.05 bits per heavy atom. The zero-order chi connectivity index (χ0) is 15.5. The van der Waals surface area contributed by atoms with Crippen LogP contribution in [0.5, 0.6) is 0 Å². The van der Waals surface area contributed by atoms with Gasteiger partial charge in [0, 0.05) is 20.7 Å². The first-order valence-corrected chi connectivity index (χ1v) is 8.65. The Morgan fingerprint density at radius 3 is 2.45 bits per heavy atom. The summed E-state index contributed by atoms with van der Waals surface area (Å²) in [5.41, 5.74) is 0.836. The van der Waals surface area contributed by atoms with Crippen LogP contribution >= 0.6 is 23.5 Å². The summed E-state index contributed by atoms with van der Waals surface area (Å²) in [6.07, 6.45) is 2.01. The van der Waals surface area contributed by atoms with Gasteiger partial charge < -0.3 is 9.90 Å². The van der Waals surface area contributed by atoms with E-state index in [2.05, 4.69) is 4.98 Å². The quantitative estimate of drug-likeness (QED) is 0.687. The fourth-order valence-electron chi connectivity index (χ4n) is 2.19. The van der Waals surface area contributed by atoms with E-state index < -0.39 is 5.97 Å². The van der Waals surface area contributed by atoms with Crippen LogP contribution in [0.15, 0.2) is 69.4 Å². The molecule has 0 saturated heterocycles. The number of nitrogens with zero attached hydrogens (tertiary/aromatic N) is 1. The second-order valence-electron chi connectivity index (χ2n) is 4.57. The van der Waals surface area contributed by atoms with E-state index in [1.54, 1.807) is 30.0 Å². The second kappa shape index (κ2) is 6.42. The lowest BCUT2D eigenvalue weighted by atomic mass is 10.1. The molecule has 0 spiro atoms. The van der Waals surface area contributed by atoms with Gasteiger partial charge in [-0.15, -0.1) is 11.8 Å². The zero-order valence-corrected chi connectivity index (χ0v) is 13.4. The van der Waals surface area contributed by atoms with Gasteiger partial charge in [0.2, 0.25) is 0 Å². The number of benzene rings is 2. The van der Waals surface area contributed by atoms with Gasteiger partial charge >= 0.3 is 0 Å². The molecule has 110 valence electrons. The second-order valence-corrected chi connectivity index (χ2v) is 6.48. The minimum atomic E-state index is -1.18. The molecule has 0 N–H and O–H groups in total. The van der Waals surface area contributed by atoms with E-state index in [9.17, 15) is 9.90 Å². The molecule has 0 radical (unpaired) electrons. The average molecular weight is 326 g/mol. The van der Waals surface area contributed by atoms with Crippen molar-refractivity contribution in [1.82, 2.24) is 4.98 Å². The van der Waals surface area contributed by atoms with Gasteiger partial charge in [0.15, 0.2) is 0 Å². The molecule has 3 nitrogen and oxygen atoms in total. The van der Waals surface area contributed by atoms with Gasteiger partial charge in [-0.3, -0.25) is 0 Å². The highest BCUT2D eigenvalue weighted by atomic mass is 32.2. The number of carbonyl (C=O) groups is 1. The Kier molecular flexibility index (Phi) is 4.36. The van der Waals surface area contributed by atoms with Crippen LogP contribution in [0, 0.1) is 0 Å². The minimum Gasteiger partial charge on any atom is -0.545 e. The van der Waals surface area contributed by atoms with E-state index >= 15 is 0 Å². The molecule has 3 aromatic rings. The van der Waals surface area contributed by atoms with E-state index in [1.165, 1.54) is 11.8 Å². The number of aromatic carboxylic acids is 1. The van der Waals surface area contributed by atoms with Crippen LogP contribution in [0.2, 0.25) is 0 Å². The SMILES string of the molecule is CSc1ccccc1Sc1cc(C(=O)[O-])c2ccccc2n1. The summed E-state index contributed by atoms with van der Waals surface area (Å²) < 4.78 is 0. The Balaban J connectivity index is 2.10. The highest BCUT2D eigenvalue weighted by molar-refractivity contribution is 8.02. The summed E-state index contributed by atoms with van der Waals surface area (Å²) >= 11 is 3.11. The molecule has 5 heteroatoms. The number of carbonyl (C=O) groups excluding carboxylic acids is 1. The van der Waals surface area contributed by atoms with Crippen molar-refractivity contribution in [3.63, 3.8) is 0 Å². The third-order valence-electron chi connectivity index (χ3n) is 3.20. The van der Waals surface area contributed by atoms with Gasteiger partial charge in [-0.2, -0.15) is 0 Å². The van der Waals surface area contributed by atoms with Crippen LogP contribution in [0.4, 0.5) is 0 Å². The first-order chi connectivity index (χ1) is 10.7. The number of pyridine rings is 1. The van der Waals surface area contributed by atoms with E-state index in [-0.39, 0.29) is 5.56 Å². The number of carboxylic acids is 1. The van der Waals surface area contributed by atoms with Crippen molar-refractivity contribution in [2.75, 3.05) is 6.26 Å². The molecular weight excluding hydrogens is 314 g/mol. The third kappa shape index (κ3) is 2.96. The van der Waals surface area contributed by atoms with Crippen LogP contribution in [0.1, 0.15) is 10.4 Å². The minimum absolute atomic E-state index is 0.176. The molecule has 1 heterocycles. The Bertz CT molecular complexity index is 849. The number of thioether (sulfide) groups is 1. The molecule has 3 rings (SSSR count). The number of carboxylic acid groups (broad SMARTS) is 1. The maximum atomic E-state index is 11.4. The largest absolute Gasteiger partial charge is 0.545 e. The normalized spacial score (nSPS) is 10.8. The lowest BCUT2D eigenvalue weighted by Gasteiger charge is -2.11. The van der Waals surface area contributed by atoms with Crippen molar-refractivity contribution < 1.29 is 9.90 Å². The van der Waals surface area contributed by atoms with Crippen LogP contribution in [-0.2, 0) is 0 Å². The summed E-state index contributed by atoms with van der Waals surface area (Å²) in [7, 11) is 0. The van der Waals surface area contributed by atoms with Crippen molar-refractivity contribution >= 4 is 40.4 Å². The standard InChI is InChI=1S/C17H13NO2S2/c1-21-14-8-4-5-9-15(14)22-16-10-12(17(19)20)11-6-2-3-7-13(11)18-16/h2-10H,1H3,(H,19,20)/p-1. The number of fused-ring (bicyclic) bond motifs is 1. The molecule has 0 bridgehead atoms. The molecule has 0 saturated carbocycles. The van der Waals surface area contributed by atoms with Gasteiger partial charge in [0.1, 0.15) is 5.03 Å². The molecule has 22 heavy (non-hydrogen) atoms. The van der Waals surface area contributed by atoms with Gasteiger partial charge in [0.05, 0.1) is 11.5 Å². The number of rotatable bonds is 4. The summed E-state index contributed by atoms with van der Waals surface area (Å²) in [6.45, 7) is 0. The summed E-state index contributed by atoms with van der Waals surface area (Å²) in [5, 5.41) is 12.6. The number of para-hydroxylation sites is 1. The lowest BCUT2D eigenvalue weighted by molar-refractivity contribution is -0.254. The molecule has 1 aromatic heterocycles. The van der Waals surface area contributed by atoms with E-state index in [0.29, 0.717) is 15.9 Å². The highest BCUT2D eigenvalue weighted by Crippen LogP contribution is 2.35. The molecule has 0 aliphatic rings. The van der Waals surface area contributed by atoms with E-state index in [1.807, 2.05) is 42.7 Å². The fraction of sp³-hybridized carbons (Fsp3) is 0.0588. The van der Waals surface area contributed by atoms with Gasteiger partial charge in [-0.25, -0.2) is 4.98 Å². The van der Waals surface area contributed by atoms with Gasteiger partial charge in [-0.05, 0) is 30.5 Å². The van der Waals surface area contributed by atoms with Gasteiger partial charge in [-0.1, -0.05) is 42.1 Å². The van der Waals surface area contributed by atoms with Crippen molar-refractivity contribution in [1.29, 1.82) is 0 Å². The predicted octanol–water partition coefficient (Wildman–Crippen LogP) is 3.47. The topological polar surface area (TPSA) is 53.0 Å². The maximum Gasteiger partial charge on any atom is 0.102 e. The Labute approximate surface area is 136 Å². The van der Waals surface area contributed by atoms with Crippen LogP contribution in [-0.4, -0.2) is 17.2 Å². The predicted molar refractivity (Wildman–Crippen MR) is 88.4 cm³/mol. The first kappa shape index (κ1) is 14.9. The van der Waals surface area contributed by atoms with Crippen molar-refractivity contribution in [3.8, 4) is 0 Å². The molecular formula is C17H12NO2S2-. The number of hydrogen-bond donors (Lipinski definition) is 0. The van der Waals surface area contributed by atoms with Crippen LogP contribution in [0.3, 0.4) is 0 Å². The van der Waals surface area contributed by atoms with E-state index in [0.717, 1.165) is 9.79 Å². The van der Waals surface area contributed by atoms with Crippen molar-refractivity contribution in [2.45, 2.75) is 14.8 Å². The smallest absolute Gasteiger partial charge is 0.102 e. The van der Waals surface area contributed by atoms with Crippen molar-refractivity contribution in [3.05, 3.63) is 60.2 Å². The molecule has 2 aromatic carbocycles. The van der Waals surface area contributed by atoms with Gasteiger partial charge in [0.25, 0.3) is 0 Å². The average Bonchev–Trinajstić information content (AvgIpc) is 2.54. The Hall–Kier alpha value is -1.98. The Morgan fingerprint density at radius 2 is 1.73 bits per heavy atom. The number of aromatic nitrogens is 1. The summed E-state index contributed by atoms with van der Waals surface area (Å²) in [5.74, 6) is -1.18. The summed E-state index contributed by atoms with van der Waals surface area (Å²) in [6, 6.07) is 16.8. The number of hydrogen-bond acceptors (Lipinski definition) is 5. The van der Waals surface area contributed by atoms with Crippen molar-refractivity contribution in [2.24, 2.45) is 0 Å². The molecule has 0 atom stereocenters. The van der Waals surface area contributed by atoms with Crippen LogP contribution < -0.4 is 5.11 Å². The van der Waals surface area contributed by atoms with E-state index in [4.69, 9.17) is 0 Å². The third-order valence-corrected chi connectivity index (χ3v) is 5.12. The van der Waals surface area contributed by atoms with Crippen LogP contribution in [0.25, 0.3) is 10.9 Å². The fourth-order valence-corrected chi connectivity index (χ4v) is 3.91. The first-order valence-electron chi connectivity index (χ1n) is 6.61. The maximum absolute atomic E-state index is 11.4. The molecule has 0 aliphatic carbocycles. The monoisotopic (exact) mass is 326 g/mol. The highest BCUT2D eigenvalue weighted by Gasteiger charge is 2.09. The summed E-state index contributed by atoms with van der Waals surface area (Å²) in [4.78, 5) is 18.1. The molecule has 0 amide bonds. The zero-order valence-electron chi connectivity index (χ0n) is 11.8. The molecule has 0 aliphatic heterocycles. The molecule has 0 fully saturated rings. The molecule has 0 unspecified atom stereocenters. The lowest BCUT2D eigenvalue weighted by Crippen LogP contribution is -2.22.